The van der Waals surface area contributed by atoms with Crippen LogP contribution in [0.1, 0.15) is 24.1 Å². The van der Waals surface area contributed by atoms with Crippen LogP contribution in [0.5, 0.6) is 0 Å². The van der Waals surface area contributed by atoms with Crippen molar-refractivity contribution < 1.29 is 0 Å². The molecule has 2 N–H and O–H groups in total. The predicted octanol–water partition coefficient (Wildman–Crippen LogP) is 4.11. The number of aryl methyl sites for hydroxylation is 1. The number of likely N-dealkylation sites (N-methyl/N-ethyl adjacent to an activating group) is 1. The van der Waals surface area contributed by atoms with Crippen molar-refractivity contribution in [1.29, 1.82) is 0 Å². The Balaban J connectivity index is 2.21. The Kier molecular flexibility index (Phi) is 5.71. The van der Waals surface area contributed by atoms with Crippen LogP contribution in [0.25, 0.3) is 0 Å². The van der Waals surface area contributed by atoms with Gasteiger partial charge in [-0.15, -0.1) is 11.8 Å². The van der Waals surface area contributed by atoms with E-state index in [1.165, 1.54) is 21.7 Å². The molecular weight excluding hydrogens is 276 g/mol. The van der Waals surface area contributed by atoms with Gasteiger partial charge in [-0.2, -0.15) is 0 Å². The summed E-state index contributed by atoms with van der Waals surface area (Å²) in [6, 6.07) is 17.6. The van der Waals surface area contributed by atoms with Crippen molar-refractivity contribution in [3.63, 3.8) is 0 Å². The van der Waals surface area contributed by atoms with Crippen molar-refractivity contribution in [2.24, 2.45) is 5.73 Å². The zero-order chi connectivity index (χ0) is 15.2. The molecule has 21 heavy (non-hydrogen) atoms. The number of nitrogens with two attached hydrogens (primary N) is 1. The van der Waals surface area contributed by atoms with E-state index in [9.17, 15) is 0 Å². The number of rotatable bonds is 6. The van der Waals surface area contributed by atoms with Gasteiger partial charge in [-0.3, -0.25) is 0 Å². The first-order valence-corrected chi connectivity index (χ1v) is 8.57. The van der Waals surface area contributed by atoms with Gasteiger partial charge in [0, 0.05) is 24.2 Å². The topological polar surface area (TPSA) is 29.3 Å². The van der Waals surface area contributed by atoms with Crippen LogP contribution in [0.4, 0.5) is 5.69 Å². The summed E-state index contributed by atoms with van der Waals surface area (Å²) in [6.07, 6.45) is 3.16. The molecule has 0 aliphatic rings. The van der Waals surface area contributed by atoms with E-state index in [0.717, 1.165) is 6.42 Å². The molecule has 1 unspecified atom stereocenters. The third-order valence-corrected chi connectivity index (χ3v) is 4.69. The van der Waals surface area contributed by atoms with E-state index in [-0.39, 0.29) is 6.04 Å². The molecule has 0 bridgehead atoms. The standard InChI is InChI=1S/C18H24N2S/c1-4-14-5-9-16(10-6-14)20(2)18(13-19)15-7-11-17(21-3)12-8-15/h5-12,18H,4,13,19H2,1-3H3. The fourth-order valence-electron chi connectivity index (χ4n) is 2.49. The van der Waals surface area contributed by atoms with Gasteiger partial charge in [-0.1, -0.05) is 31.2 Å². The third kappa shape index (κ3) is 3.80. The lowest BCUT2D eigenvalue weighted by Crippen LogP contribution is -2.30. The van der Waals surface area contributed by atoms with Crippen LogP contribution >= 0.6 is 11.8 Å². The minimum Gasteiger partial charge on any atom is -0.366 e. The van der Waals surface area contributed by atoms with Crippen LogP contribution in [-0.4, -0.2) is 19.8 Å². The maximum absolute atomic E-state index is 6.02. The Morgan fingerprint density at radius 1 is 1.05 bits per heavy atom. The largest absolute Gasteiger partial charge is 0.366 e. The Bertz CT molecular complexity index is 548. The minimum atomic E-state index is 0.202. The molecule has 0 fully saturated rings. The first-order valence-electron chi connectivity index (χ1n) is 7.35. The van der Waals surface area contributed by atoms with Crippen molar-refractivity contribution >= 4 is 17.4 Å². The number of hydrogen-bond acceptors (Lipinski definition) is 3. The molecule has 3 heteroatoms. The maximum atomic E-state index is 6.02. The van der Waals surface area contributed by atoms with Crippen molar-refractivity contribution in [2.45, 2.75) is 24.3 Å². The van der Waals surface area contributed by atoms with Gasteiger partial charge in [-0.05, 0) is 48.1 Å². The van der Waals surface area contributed by atoms with Gasteiger partial charge in [0.1, 0.15) is 0 Å². The molecule has 0 saturated heterocycles. The summed E-state index contributed by atoms with van der Waals surface area (Å²) < 4.78 is 0. The number of hydrogen-bond donors (Lipinski definition) is 1. The Hall–Kier alpha value is -1.45. The molecule has 0 heterocycles. The molecular formula is C18H24N2S. The second-order valence-corrected chi connectivity index (χ2v) is 6.04. The fraction of sp³-hybridized carbons (Fsp3) is 0.333. The molecule has 0 amide bonds. The van der Waals surface area contributed by atoms with Crippen LogP contribution in [0.3, 0.4) is 0 Å². The van der Waals surface area contributed by atoms with E-state index in [1.54, 1.807) is 11.8 Å². The normalized spacial score (nSPS) is 12.2. The minimum absolute atomic E-state index is 0.202. The molecule has 2 nitrogen and oxygen atoms in total. The molecule has 2 rings (SSSR count). The lowest BCUT2D eigenvalue weighted by Gasteiger charge is -2.29. The molecule has 112 valence electrons. The van der Waals surface area contributed by atoms with Crippen molar-refractivity contribution in [1.82, 2.24) is 0 Å². The molecule has 0 saturated carbocycles. The average molecular weight is 300 g/mol. The lowest BCUT2D eigenvalue weighted by molar-refractivity contribution is 0.680. The SMILES string of the molecule is CCc1ccc(N(C)C(CN)c2ccc(SC)cc2)cc1. The maximum Gasteiger partial charge on any atom is 0.0661 e. The third-order valence-electron chi connectivity index (χ3n) is 3.94. The number of thioether (sulfide) groups is 1. The number of benzene rings is 2. The summed E-state index contributed by atoms with van der Waals surface area (Å²) in [5, 5.41) is 0. The van der Waals surface area contributed by atoms with Crippen molar-refractivity contribution in [2.75, 3.05) is 24.7 Å². The molecule has 0 aliphatic heterocycles. The van der Waals surface area contributed by atoms with E-state index in [4.69, 9.17) is 5.73 Å². The molecule has 0 aliphatic carbocycles. The van der Waals surface area contributed by atoms with E-state index < -0.39 is 0 Å². The van der Waals surface area contributed by atoms with E-state index in [0.29, 0.717) is 6.54 Å². The highest BCUT2D eigenvalue weighted by Gasteiger charge is 2.15. The zero-order valence-electron chi connectivity index (χ0n) is 13.0. The second kappa shape index (κ2) is 7.53. The van der Waals surface area contributed by atoms with Crippen LogP contribution in [-0.2, 0) is 6.42 Å². The summed E-state index contributed by atoms with van der Waals surface area (Å²) in [4.78, 5) is 3.54. The first-order chi connectivity index (χ1) is 10.2. The van der Waals surface area contributed by atoms with Gasteiger partial charge in [0.25, 0.3) is 0 Å². The molecule has 0 spiro atoms. The summed E-state index contributed by atoms with van der Waals surface area (Å²) in [7, 11) is 2.11. The van der Waals surface area contributed by atoms with E-state index in [2.05, 4.69) is 73.7 Å². The Morgan fingerprint density at radius 3 is 2.14 bits per heavy atom. The van der Waals surface area contributed by atoms with Crippen LogP contribution in [0.2, 0.25) is 0 Å². The summed E-state index contributed by atoms with van der Waals surface area (Å²) in [5.41, 5.74) is 9.85. The first kappa shape index (κ1) is 15.9. The van der Waals surface area contributed by atoms with Gasteiger partial charge < -0.3 is 10.6 Å². The monoisotopic (exact) mass is 300 g/mol. The zero-order valence-corrected chi connectivity index (χ0v) is 13.9. The highest BCUT2D eigenvalue weighted by molar-refractivity contribution is 7.98. The Morgan fingerprint density at radius 2 is 1.67 bits per heavy atom. The number of nitrogens with zero attached hydrogens (tertiary/aromatic N) is 1. The molecule has 0 radical (unpaired) electrons. The van der Waals surface area contributed by atoms with Crippen molar-refractivity contribution in [3.05, 3.63) is 59.7 Å². The van der Waals surface area contributed by atoms with Crippen LogP contribution in [0, 0.1) is 0 Å². The summed E-state index contributed by atoms with van der Waals surface area (Å²) >= 11 is 1.76. The smallest absolute Gasteiger partial charge is 0.0661 e. The summed E-state index contributed by atoms with van der Waals surface area (Å²) in [6.45, 7) is 2.78. The van der Waals surface area contributed by atoms with Crippen LogP contribution in [0.15, 0.2) is 53.4 Å². The quantitative estimate of drug-likeness (QED) is 0.814. The van der Waals surface area contributed by atoms with E-state index >= 15 is 0 Å². The van der Waals surface area contributed by atoms with E-state index in [1.807, 2.05) is 0 Å². The molecule has 2 aromatic rings. The van der Waals surface area contributed by atoms with Gasteiger partial charge in [0.05, 0.1) is 6.04 Å². The molecule has 1 atom stereocenters. The average Bonchev–Trinajstić information content (AvgIpc) is 2.56. The van der Waals surface area contributed by atoms with Gasteiger partial charge >= 0.3 is 0 Å². The lowest BCUT2D eigenvalue weighted by atomic mass is 10.0. The van der Waals surface area contributed by atoms with Crippen molar-refractivity contribution in [3.8, 4) is 0 Å². The van der Waals surface area contributed by atoms with Gasteiger partial charge in [0.15, 0.2) is 0 Å². The van der Waals surface area contributed by atoms with Gasteiger partial charge in [-0.25, -0.2) is 0 Å². The molecule has 2 aromatic carbocycles. The highest BCUT2D eigenvalue weighted by atomic mass is 32.2. The number of anilines is 1. The Labute approximate surface area is 132 Å². The predicted molar refractivity (Wildman–Crippen MR) is 94.2 cm³/mol. The second-order valence-electron chi connectivity index (χ2n) is 5.16. The summed E-state index contributed by atoms with van der Waals surface area (Å²) in [5.74, 6) is 0. The molecule has 0 aromatic heterocycles. The highest BCUT2D eigenvalue weighted by Crippen LogP contribution is 2.26. The van der Waals surface area contributed by atoms with Crippen LogP contribution < -0.4 is 10.6 Å². The fourth-order valence-corrected chi connectivity index (χ4v) is 2.90. The van der Waals surface area contributed by atoms with Gasteiger partial charge in [0.2, 0.25) is 0 Å².